The maximum Gasteiger partial charge on any atom is 0.124 e. The Bertz CT molecular complexity index is 499. The van der Waals surface area contributed by atoms with Gasteiger partial charge in [-0.3, -0.25) is 0 Å². The van der Waals surface area contributed by atoms with Crippen molar-refractivity contribution in [3.05, 3.63) is 46.2 Å². The Labute approximate surface area is 115 Å². The van der Waals surface area contributed by atoms with Crippen LogP contribution in [0.4, 0.5) is 4.39 Å². The van der Waals surface area contributed by atoms with Crippen LogP contribution in [0.5, 0.6) is 0 Å². The number of hydrogen-bond acceptors (Lipinski definition) is 4. The van der Waals surface area contributed by atoms with Crippen LogP contribution in [0.3, 0.4) is 0 Å². The predicted octanol–water partition coefficient (Wildman–Crippen LogP) is 3.68. The Balaban J connectivity index is 1.88. The van der Waals surface area contributed by atoms with Gasteiger partial charge in [-0.2, -0.15) is 0 Å². The fourth-order valence-electron chi connectivity index (χ4n) is 1.45. The van der Waals surface area contributed by atoms with Gasteiger partial charge in [0.25, 0.3) is 0 Å². The number of rotatable bonds is 6. The van der Waals surface area contributed by atoms with Crippen LogP contribution < -0.4 is 5.32 Å². The summed E-state index contributed by atoms with van der Waals surface area (Å²) in [6, 6.07) is 6.66. The van der Waals surface area contributed by atoms with E-state index in [1.807, 2.05) is 6.07 Å². The summed E-state index contributed by atoms with van der Waals surface area (Å²) in [6.45, 7) is 3.84. The van der Waals surface area contributed by atoms with Crippen LogP contribution in [0.1, 0.15) is 17.6 Å². The van der Waals surface area contributed by atoms with E-state index in [1.54, 1.807) is 35.2 Å². The lowest BCUT2D eigenvalue weighted by molar-refractivity contribution is 0.624. The molecule has 2 nitrogen and oxygen atoms in total. The highest BCUT2D eigenvalue weighted by Gasteiger charge is 2.03. The Morgan fingerprint density at radius 2 is 2.33 bits per heavy atom. The third-order valence-electron chi connectivity index (χ3n) is 2.31. The van der Waals surface area contributed by atoms with Crippen molar-refractivity contribution in [2.75, 3.05) is 6.54 Å². The number of hydrogen-bond donors (Lipinski definition) is 1. The van der Waals surface area contributed by atoms with Gasteiger partial charge in [0.1, 0.15) is 10.8 Å². The Kier molecular flexibility index (Phi) is 5.16. The number of thioether (sulfide) groups is 1. The molecule has 0 fully saturated rings. The lowest BCUT2D eigenvalue weighted by Gasteiger charge is -1.99. The maximum absolute atomic E-state index is 13.0. The fourth-order valence-corrected chi connectivity index (χ4v) is 3.20. The van der Waals surface area contributed by atoms with Crippen molar-refractivity contribution >= 4 is 23.1 Å². The maximum atomic E-state index is 13.0. The quantitative estimate of drug-likeness (QED) is 0.818. The zero-order valence-corrected chi connectivity index (χ0v) is 11.8. The predicted molar refractivity (Wildman–Crippen MR) is 75.5 cm³/mol. The van der Waals surface area contributed by atoms with Crippen molar-refractivity contribution in [2.24, 2.45) is 0 Å². The number of benzene rings is 1. The molecule has 2 rings (SSSR count). The molecule has 1 heterocycles. The molecule has 1 aromatic heterocycles. The SMILES string of the molecule is CCNCc1csc(CSc2cccc(F)c2)n1. The second-order valence-electron chi connectivity index (χ2n) is 3.76. The van der Waals surface area contributed by atoms with Crippen LogP contribution in [0, 0.1) is 5.82 Å². The van der Waals surface area contributed by atoms with Crippen LogP contribution >= 0.6 is 23.1 Å². The van der Waals surface area contributed by atoms with E-state index in [0.717, 1.165) is 34.4 Å². The average molecular weight is 282 g/mol. The van der Waals surface area contributed by atoms with Gasteiger partial charge in [0, 0.05) is 16.8 Å². The summed E-state index contributed by atoms with van der Waals surface area (Å²) in [5, 5.41) is 6.40. The largest absolute Gasteiger partial charge is 0.311 e. The van der Waals surface area contributed by atoms with Crippen molar-refractivity contribution in [3.63, 3.8) is 0 Å². The first-order valence-corrected chi connectivity index (χ1v) is 7.67. The van der Waals surface area contributed by atoms with E-state index in [-0.39, 0.29) is 5.82 Å². The second-order valence-corrected chi connectivity index (χ2v) is 5.75. The lowest BCUT2D eigenvalue weighted by Crippen LogP contribution is -2.11. The molecule has 1 N–H and O–H groups in total. The molecule has 0 radical (unpaired) electrons. The van der Waals surface area contributed by atoms with Crippen LogP contribution in [-0.4, -0.2) is 11.5 Å². The molecule has 18 heavy (non-hydrogen) atoms. The fraction of sp³-hybridized carbons (Fsp3) is 0.308. The Morgan fingerprint density at radius 3 is 3.11 bits per heavy atom. The molecular weight excluding hydrogens is 267 g/mol. The molecule has 0 atom stereocenters. The molecule has 0 bridgehead atoms. The highest BCUT2D eigenvalue weighted by Crippen LogP contribution is 2.24. The third-order valence-corrected chi connectivity index (χ3v) is 4.40. The summed E-state index contributed by atoms with van der Waals surface area (Å²) in [5.41, 5.74) is 1.08. The number of aromatic nitrogens is 1. The molecular formula is C13H15FN2S2. The molecule has 1 aromatic carbocycles. The molecule has 0 aliphatic heterocycles. The number of thiazole rings is 1. The minimum absolute atomic E-state index is 0.188. The van der Waals surface area contributed by atoms with E-state index >= 15 is 0 Å². The van der Waals surface area contributed by atoms with E-state index in [2.05, 4.69) is 22.6 Å². The van der Waals surface area contributed by atoms with Gasteiger partial charge in [-0.15, -0.1) is 23.1 Å². The summed E-state index contributed by atoms with van der Waals surface area (Å²) < 4.78 is 13.0. The van der Waals surface area contributed by atoms with Gasteiger partial charge in [-0.05, 0) is 24.7 Å². The molecule has 0 amide bonds. The smallest absolute Gasteiger partial charge is 0.124 e. The molecule has 0 saturated heterocycles. The van der Waals surface area contributed by atoms with Crippen LogP contribution in [0.25, 0.3) is 0 Å². The Morgan fingerprint density at radius 1 is 1.44 bits per heavy atom. The van der Waals surface area contributed by atoms with Crippen molar-refractivity contribution in [1.29, 1.82) is 0 Å². The van der Waals surface area contributed by atoms with E-state index in [4.69, 9.17) is 0 Å². The molecule has 0 aliphatic carbocycles. The average Bonchev–Trinajstić information content (AvgIpc) is 2.82. The zero-order chi connectivity index (χ0) is 12.8. The van der Waals surface area contributed by atoms with Gasteiger partial charge in [-0.1, -0.05) is 13.0 Å². The monoisotopic (exact) mass is 282 g/mol. The minimum Gasteiger partial charge on any atom is -0.311 e. The molecule has 0 spiro atoms. The zero-order valence-electron chi connectivity index (χ0n) is 10.1. The first kappa shape index (κ1) is 13.5. The highest BCUT2D eigenvalue weighted by molar-refractivity contribution is 7.98. The van der Waals surface area contributed by atoms with E-state index in [9.17, 15) is 4.39 Å². The van der Waals surface area contributed by atoms with E-state index in [0.29, 0.717) is 0 Å². The van der Waals surface area contributed by atoms with Gasteiger partial charge in [-0.25, -0.2) is 9.37 Å². The normalized spacial score (nSPS) is 10.8. The number of nitrogens with zero attached hydrogens (tertiary/aromatic N) is 1. The van der Waals surface area contributed by atoms with Crippen molar-refractivity contribution in [1.82, 2.24) is 10.3 Å². The van der Waals surface area contributed by atoms with Gasteiger partial charge in [0.05, 0.1) is 11.4 Å². The molecule has 0 unspecified atom stereocenters. The van der Waals surface area contributed by atoms with Crippen LogP contribution in [-0.2, 0) is 12.3 Å². The summed E-state index contributed by atoms with van der Waals surface area (Å²) in [6.07, 6.45) is 0. The van der Waals surface area contributed by atoms with Crippen molar-refractivity contribution in [2.45, 2.75) is 24.1 Å². The third kappa shape index (κ3) is 4.08. The van der Waals surface area contributed by atoms with Crippen LogP contribution in [0.2, 0.25) is 0 Å². The van der Waals surface area contributed by atoms with E-state index < -0.39 is 0 Å². The number of halogens is 1. The minimum atomic E-state index is -0.188. The van der Waals surface area contributed by atoms with Crippen molar-refractivity contribution in [3.8, 4) is 0 Å². The first-order valence-electron chi connectivity index (χ1n) is 5.80. The summed E-state index contributed by atoms with van der Waals surface area (Å²) >= 11 is 3.27. The first-order chi connectivity index (χ1) is 8.78. The Hall–Kier alpha value is -0.910. The van der Waals surface area contributed by atoms with E-state index in [1.165, 1.54) is 6.07 Å². The van der Waals surface area contributed by atoms with Gasteiger partial charge in [0.15, 0.2) is 0 Å². The highest BCUT2D eigenvalue weighted by atomic mass is 32.2. The second kappa shape index (κ2) is 6.87. The molecule has 0 aliphatic rings. The summed E-state index contributed by atoms with van der Waals surface area (Å²) in [7, 11) is 0. The summed E-state index contributed by atoms with van der Waals surface area (Å²) in [4.78, 5) is 5.47. The number of nitrogens with one attached hydrogen (secondary N) is 1. The topological polar surface area (TPSA) is 24.9 Å². The standard InChI is InChI=1S/C13H15FN2S2/c1-2-15-7-11-8-18-13(16-11)9-17-12-5-3-4-10(14)6-12/h3-6,8,15H,2,7,9H2,1H3. The molecule has 5 heteroatoms. The van der Waals surface area contributed by atoms with Gasteiger partial charge >= 0.3 is 0 Å². The molecule has 0 saturated carbocycles. The summed E-state index contributed by atoms with van der Waals surface area (Å²) in [5.74, 6) is 0.604. The lowest BCUT2D eigenvalue weighted by atomic mass is 10.4. The molecule has 96 valence electrons. The van der Waals surface area contributed by atoms with Gasteiger partial charge < -0.3 is 5.32 Å². The molecule has 2 aromatic rings. The van der Waals surface area contributed by atoms with Gasteiger partial charge in [0.2, 0.25) is 0 Å². The van der Waals surface area contributed by atoms with Crippen molar-refractivity contribution < 1.29 is 4.39 Å². The van der Waals surface area contributed by atoms with Crippen LogP contribution in [0.15, 0.2) is 34.5 Å².